The number of benzene rings is 1. The highest BCUT2D eigenvalue weighted by Gasteiger charge is 2.15. The summed E-state index contributed by atoms with van der Waals surface area (Å²) < 4.78 is 28.8. The molecule has 0 N–H and O–H groups in total. The van der Waals surface area contributed by atoms with Crippen LogP contribution in [0.4, 0.5) is 0 Å². The summed E-state index contributed by atoms with van der Waals surface area (Å²) in [6.07, 6.45) is 4.66. The molecule has 0 fully saturated rings. The van der Waals surface area contributed by atoms with Crippen molar-refractivity contribution in [1.29, 1.82) is 0 Å². The summed E-state index contributed by atoms with van der Waals surface area (Å²) in [6, 6.07) is 11.5. The Morgan fingerprint density at radius 2 is 1.88 bits per heavy atom. The molecule has 136 valence electrons. The van der Waals surface area contributed by atoms with Gasteiger partial charge in [0.2, 0.25) is 0 Å². The highest BCUT2D eigenvalue weighted by Crippen LogP contribution is 2.21. The Morgan fingerprint density at radius 3 is 2.56 bits per heavy atom. The third kappa shape index (κ3) is 6.16. The van der Waals surface area contributed by atoms with Gasteiger partial charge in [0.15, 0.2) is 9.84 Å². The molecular weight excluding hydrogens is 336 g/mol. The highest BCUT2D eigenvalue weighted by atomic mass is 32.2. The Balaban J connectivity index is 1.75. The number of Topliss-reactive ketones (excluding diaryl/α,β-unsaturated/α-hetero) is 1. The van der Waals surface area contributed by atoms with Crippen LogP contribution < -0.4 is 0 Å². The monoisotopic (exact) mass is 362 g/mol. The van der Waals surface area contributed by atoms with E-state index in [1.165, 1.54) is 0 Å². The molecule has 4 nitrogen and oxygen atoms in total. The van der Waals surface area contributed by atoms with Gasteiger partial charge in [-0.05, 0) is 50.5 Å². The average Bonchev–Trinajstić information content (AvgIpc) is 3.09. The number of carbonyl (C=O) groups is 1. The molecule has 0 saturated heterocycles. The van der Waals surface area contributed by atoms with Crippen LogP contribution in [0.5, 0.6) is 0 Å². The molecule has 0 saturated carbocycles. The number of sulfone groups is 1. The van der Waals surface area contributed by atoms with Crippen LogP contribution in [-0.4, -0.2) is 25.2 Å². The van der Waals surface area contributed by atoms with Crippen LogP contribution in [0.3, 0.4) is 0 Å². The Kier molecular flexibility index (Phi) is 7.00. The van der Waals surface area contributed by atoms with Crippen molar-refractivity contribution >= 4 is 15.6 Å². The first kappa shape index (κ1) is 19.4. The van der Waals surface area contributed by atoms with E-state index < -0.39 is 9.84 Å². The van der Waals surface area contributed by atoms with Crippen molar-refractivity contribution in [1.82, 2.24) is 0 Å². The zero-order chi connectivity index (χ0) is 18.3. The molecule has 2 rings (SSSR count). The zero-order valence-electron chi connectivity index (χ0n) is 14.9. The summed E-state index contributed by atoms with van der Waals surface area (Å²) in [5.41, 5.74) is 1.94. The van der Waals surface area contributed by atoms with Crippen LogP contribution in [0.25, 0.3) is 11.3 Å². The number of furan rings is 1. The number of hydrogen-bond donors (Lipinski definition) is 0. The molecule has 25 heavy (non-hydrogen) atoms. The molecule has 0 aliphatic rings. The van der Waals surface area contributed by atoms with Crippen molar-refractivity contribution in [3.8, 4) is 11.3 Å². The summed E-state index contributed by atoms with van der Waals surface area (Å²) in [5, 5.41) is -0.324. The van der Waals surface area contributed by atoms with Crippen LogP contribution >= 0.6 is 0 Å². The van der Waals surface area contributed by atoms with Gasteiger partial charge in [0.25, 0.3) is 0 Å². The zero-order valence-corrected chi connectivity index (χ0v) is 15.7. The van der Waals surface area contributed by atoms with E-state index in [1.54, 1.807) is 20.1 Å². The molecule has 1 heterocycles. The molecule has 0 spiro atoms. The van der Waals surface area contributed by atoms with E-state index in [0.717, 1.165) is 29.7 Å². The number of rotatable bonds is 10. The van der Waals surface area contributed by atoms with Gasteiger partial charge in [-0.25, -0.2) is 8.42 Å². The second-order valence-corrected chi connectivity index (χ2v) is 9.30. The van der Waals surface area contributed by atoms with Crippen molar-refractivity contribution in [2.24, 2.45) is 0 Å². The van der Waals surface area contributed by atoms with Crippen molar-refractivity contribution in [3.05, 3.63) is 48.2 Å². The predicted molar refractivity (Wildman–Crippen MR) is 100 cm³/mol. The standard InChI is InChI=1S/C20H26O4S/c1-16(2)25(22,23)13-5-3-4-10-19(21)15-17-8-6-9-18(14-17)20-11-7-12-24-20/h6-9,11-12,14,16H,3-5,10,13,15H2,1-2H3. The molecule has 0 atom stereocenters. The van der Waals surface area contributed by atoms with E-state index in [9.17, 15) is 13.2 Å². The van der Waals surface area contributed by atoms with Gasteiger partial charge in [-0.15, -0.1) is 0 Å². The fraction of sp³-hybridized carbons (Fsp3) is 0.450. The first-order valence-corrected chi connectivity index (χ1v) is 10.5. The molecule has 1 aromatic carbocycles. The van der Waals surface area contributed by atoms with E-state index >= 15 is 0 Å². The van der Waals surface area contributed by atoms with Crippen LogP contribution in [-0.2, 0) is 21.1 Å². The Bertz CT molecular complexity index is 774. The van der Waals surface area contributed by atoms with Crippen LogP contribution in [0.2, 0.25) is 0 Å². The lowest BCUT2D eigenvalue weighted by atomic mass is 10.0. The Morgan fingerprint density at radius 1 is 1.08 bits per heavy atom. The quantitative estimate of drug-likeness (QED) is 0.586. The van der Waals surface area contributed by atoms with Gasteiger partial charge in [-0.3, -0.25) is 4.79 Å². The smallest absolute Gasteiger partial charge is 0.152 e. The molecule has 0 amide bonds. The number of unbranched alkanes of at least 4 members (excludes halogenated alkanes) is 2. The van der Waals surface area contributed by atoms with E-state index in [1.807, 2.05) is 36.4 Å². The molecule has 0 unspecified atom stereocenters. The van der Waals surface area contributed by atoms with Crippen molar-refractivity contribution < 1.29 is 17.6 Å². The first-order valence-electron chi connectivity index (χ1n) is 8.74. The normalized spacial score (nSPS) is 11.8. The van der Waals surface area contributed by atoms with Gasteiger partial charge in [-0.2, -0.15) is 0 Å². The molecule has 1 aromatic heterocycles. The van der Waals surface area contributed by atoms with Crippen LogP contribution in [0, 0.1) is 0 Å². The minimum absolute atomic E-state index is 0.184. The summed E-state index contributed by atoms with van der Waals surface area (Å²) in [7, 11) is -2.97. The molecular formula is C20H26O4S. The largest absolute Gasteiger partial charge is 0.464 e. The second-order valence-electron chi connectivity index (χ2n) is 6.62. The summed E-state index contributed by atoms with van der Waals surface area (Å²) >= 11 is 0. The van der Waals surface area contributed by atoms with Crippen LogP contribution in [0.1, 0.15) is 45.1 Å². The third-order valence-corrected chi connectivity index (χ3v) is 6.53. The SMILES string of the molecule is CC(C)S(=O)(=O)CCCCCC(=O)Cc1cccc(-c2ccco2)c1. The second kappa shape index (κ2) is 8.99. The van der Waals surface area contributed by atoms with E-state index in [0.29, 0.717) is 19.3 Å². The summed E-state index contributed by atoms with van der Waals surface area (Å²) in [6.45, 7) is 3.41. The highest BCUT2D eigenvalue weighted by molar-refractivity contribution is 7.91. The Hall–Kier alpha value is -1.88. The van der Waals surface area contributed by atoms with Gasteiger partial charge in [0.1, 0.15) is 11.5 Å². The topological polar surface area (TPSA) is 64.3 Å². The minimum atomic E-state index is -2.97. The number of hydrogen-bond acceptors (Lipinski definition) is 4. The third-order valence-electron chi connectivity index (χ3n) is 4.24. The summed E-state index contributed by atoms with van der Waals surface area (Å²) in [5.74, 6) is 1.19. The summed E-state index contributed by atoms with van der Waals surface area (Å²) in [4.78, 5) is 12.1. The van der Waals surface area contributed by atoms with E-state index in [2.05, 4.69) is 0 Å². The molecule has 0 bridgehead atoms. The van der Waals surface area contributed by atoms with Crippen LogP contribution in [0.15, 0.2) is 47.1 Å². The van der Waals surface area contributed by atoms with Crippen molar-refractivity contribution in [2.45, 2.75) is 51.2 Å². The fourth-order valence-corrected chi connectivity index (χ4v) is 3.71. The first-order chi connectivity index (χ1) is 11.9. The maximum Gasteiger partial charge on any atom is 0.152 e. The lowest BCUT2D eigenvalue weighted by Gasteiger charge is -2.07. The van der Waals surface area contributed by atoms with Gasteiger partial charge < -0.3 is 4.42 Å². The molecule has 5 heteroatoms. The molecule has 0 radical (unpaired) electrons. The number of ketones is 1. The minimum Gasteiger partial charge on any atom is -0.464 e. The van der Waals surface area contributed by atoms with E-state index in [-0.39, 0.29) is 16.8 Å². The van der Waals surface area contributed by atoms with Gasteiger partial charge in [0.05, 0.1) is 17.3 Å². The predicted octanol–water partition coefficient (Wildman–Crippen LogP) is 4.44. The maximum atomic E-state index is 12.1. The van der Waals surface area contributed by atoms with E-state index in [4.69, 9.17) is 4.42 Å². The molecule has 0 aliphatic carbocycles. The van der Waals surface area contributed by atoms with Gasteiger partial charge in [0, 0.05) is 18.4 Å². The molecule has 0 aliphatic heterocycles. The Labute approximate surface area is 150 Å². The lowest BCUT2D eigenvalue weighted by Crippen LogP contribution is -2.17. The average molecular weight is 362 g/mol. The fourth-order valence-electron chi connectivity index (χ4n) is 2.63. The van der Waals surface area contributed by atoms with Gasteiger partial charge in [-0.1, -0.05) is 24.6 Å². The van der Waals surface area contributed by atoms with Crippen molar-refractivity contribution in [3.63, 3.8) is 0 Å². The van der Waals surface area contributed by atoms with Gasteiger partial charge >= 0.3 is 0 Å². The lowest BCUT2D eigenvalue weighted by molar-refractivity contribution is -0.118. The molecule has 2 aromatic rings. The maximum absolute atomic E-state index is 12.1. The number of carbonyl (C=O) groups excluding carboxylic acids is 1. The van der Waals surface area contributed by atoms with Crippen molar-refractivity contribution in [2.75, 3.05) is 5.75 Å².